The summed E-state index contributed by atoms with van der Waals surface area (Å²) >= 11 is 0. The Hall–Kier alpha value is -1.51. The maximum atomic E-state index is 4.38. The molecule has 0 amide bonds. The number of rotatable bonds is 3. The molecular formula is C13H19N3. The van der Waals surface area contributed by atoms with Crippen molar-refractivity contribution in [2.75, 3.05) is 19.6 Å². The van der Waals surface area contributed by atoms with Crippen LogP contribution in [0.5, 0.6) is 0 Å². The zero-order valence-electron chi connectivity index (χ0n) is 9.79. The maximum absolute atomic E-state index is 4.38. The number of guanidine groups is 1. The quantitative estimate of drug-likeness (QED) is 0.804. The number of hydrogen-bond acceptors (Lipinski definition) is 3. The van der Waals surface area contributed by atoms with Crippen molar-refractivity contribution in [3.8, 4) is 0 Å². The van der Waals surface area contributed by atoms with Gasteiger partial charge in [0.1, 0.15) is 0 Å². The van der Waals surface area contributed by atoms with E-state index in [1.54, 1.807) is 0 Å². The van der Waals surface area contributed by atoms with Crippen LogP contribution in [0, 0.1) is 6.92 Å². The molecule has 0 aliphatic carbocycles. The first-order valence-corrected chi connectivity index (χ1v) is 5.93. The van der Waals surface area contributed by atoms with E-state index >= 15 is 0 Å². The SMILES string of the molecule is Cc1ccccc1CCNC1=NCCCN1. The van der Waals surface area contributed by atoms with Gasteiger partial charge in [-0.25, -0.2) is 0 Å². The number of nitrogens with one attached hydrogen (secondary N) is 2. The maximum Gasteiger partial charge on any atom is 0.191 e. The molecule has 1 aromatic carbocycles. The summed E-state index contributed by atoms with van der Waals surface area (Å²) in [6.07, 6.45) is 2.19. The topological polar surface area (TPSA) is 36.4 Å². The summed E-state index contributed by atoms with van der Waals surface area (Å²) in [5.41, 5.74) is 2.77. The van der Waals surface area contributed by atoms with E-state index in [2.05, 4.69) is 46.8 Å². The molecule has 0 saturated carbocycles. The van der Waals surface area contributed by atoms with Gasteiger partial charge in [0.15, 0.2) is 5.96 Å². The largest absolute Gasteiger partial charge is 0.356 e. The monoisotopic (exact) mass is 217 g/mol. The number of aliphatic imine (C=N–C) groups is 1. The lowest BCUT2D eigenvalue weighted by molar-refractivity contribution is 0.700. The molecule has 0 spiro atoms. The highest BCUT2D eigenvalue weighted by Gasteiger charge is 2.02. The van der Waals surface area contributed by atoms with Crippen LogP contribution in [0.25, 0.3) is 0 Å². The van der Waals surface area contributed by atoms with Crippen molar-refractivity contribution in [1.82, 2.24) is 10.6 Å². The first-order valence-electron chi connectivity index (χ1n) is 5.93. The Bertz CT molecular complexity index is 371. The number of aryl methyl sites for hydroxylation is 1. The molecule has 86 valence electrons. The summed E-state index contributed by atoms with van der Waals surface area (Å²) in [6.45, 7) is 5.08. The standard InChI is InChI=1S/C13H19N3/c1-11-5-2-3-6-12(11)7-10-16-13-14-8-4-9-15-13/h2-3,5-6H,4,7-10H2,1H3,(H2,14,15,16). The zero-order chi connectivity index (χ0) is 11.2. The molecule has 2 N–H and O–H groups in total. The lowest BCUT2D eigenvalue weighted by Crippen LogP contribution is -2.41. The van der Waals surface area contributed by atoms with Crippen molar-refractivity contribution in [1.29, 1.82) is 0 Å². The molecule has 1 aromatic rings. The fraction of sp³-hybridized carbons (Fsp3) is 0.462. The van der Waals surface area contributed by atoms with Crippen LogP contribution in [-0.2, 0) is 6.42 Å². The van der Waals surface area contributed by atoms with Gasteiger partial charge >= 0.3 is 0 Å². The summed E-state index contributed by atoms with van der Waals surface area (Å²) < 4.78 is 0. The van der Waals surface area contributed by atoms with Gasteiger partial charge in [-0.3, -0.25) is 4.99 Å². The molecule has 0 fully saturated rings. The Morgan fingerprint density at radius 3 is 3.00 bits per heavy atom. The third kappa shape index (κ3) is 2.99. The fourth-order valence-corrected chi connectivity index (χ4v) is 1.86. The molecule has 0 unspecified atom stereocenters. The molecule has 1 heterocycles. The normalized spacial score (nSPS) is 15.2. The van der Waals surface area contributed by atoms with E-state index in [9.17, 15) is 0 Å². The smallest absolute Gasteiger partial charge is 0.191 e. The predicted molar refractivity (Wildman–Crippen MR) is 67.8 cm³/mol. The van der Waals surface area contributed by atoms with Gasteiger partial charge < -0.3 is 10.6 Å². The summed E-state index contributed by atoms with van der Waals surface area (Å²) in [4.78, 5) is 4.38. The van der Waals surface area contributed by atoms with Gasteiger partial charge in [-0.05, 0) is 30.9 Å². The van der Waals surface area contributed by atoms with E-state index in [1.165, 1.54) is 11.1 Å². The van der Waals surface area contributed by atoms with Gasteiger partial charge in [-0.2, -0.15) is 0 Å². The molecule has 3 nitrogen and oxygen atoms in total. The lowest BCUT2D eigenvalue weighted by atomic mass is 10.1. The van der Waals surface area contributed by atoms with Gasteiger partial charge in [0, 0.05) is 19.6 Å². The van der Waals surface area contributed by atoms with Crippen LogP contribution < -0.4 is 10.6 Å². The molecule has 2 rings (SSSR count). The highest BCUT2D eigenvalue weighted by Crippen LogP contribution is 2.06. The van der Waals surface area contributed by atoms with Gasteiger partial charge in [-0.1, -0.05) is 24.3 Å². The van der Waals surface area contributed by atoms with E-state index < -0.39 is 0 Å². The molecule has 1 aliphatic heterocycles. The average molecular weight is 217 g/mol. The van der Waals surface area contributed by atoms with Crippen LogP contribution in [0.15, 0.2) is 29.3 Å². The van der Waals surface area contributed by atoms with E-state index in [0.717, 1.165) is 38.4 Å². The van der Waals surface area contributed by atoms with Crippen molar-refractivity contribution < 1.29 is 0 Å². The Kier molecular flexibility index (Phi) is 3.81. The first kappa shape index (κ1) is 11.0. The molecule has 0 aromatic heterocycles. The molecule has 0 atom stereocenters. The Morgan fingerprint density at radius 1 is 1.38 bits per heavy atom. The third-order valence-electron chi connectivity index (χ3n) is 2.85. The summed E-state index contributed by atoms with van der Waals surface area (Å²) in [7, 11) is 0. The molecule has 16 heavy (non-hydrogen) atoms. The van der Waals surface area contributed by atoms with Crippen molar-refractivity contribution in [3.05, 3.63) is 35.4 Å². The molecular weight excluding hydrogens is 198 g/mol. The van der Waals surface area contributed by atoms with Crippen molar-refractivity contribution >= 4 is 5.96 Å². The van der Waals surface area contributed by atoms with E-state index in [4.69, 9.17) is 0 Å². The Balaban J connectivity index is 1.80. The molecule has 3 heteroatoms. The zero-order valence-corrected chi connectivity index (χ0v) is 9.79. The molecule has 0 saturated heterocycles. The molecule has 0 radical (unpaired) electrons. The Labute approximate surface area is 97.0 Å². The van der Waals surface area contributed by atoms with Crippen LogP contribution in [0.3, 0.4) is 0 Å². The minimum Gasteiger partial charge on any atom is -0.356 e. The van der Waals surface area contributed by atoms with Crippen molar-refractivity contribution in [3.63, 3.8) is 0 Å². The second-order valence-electron chi connectivity index (χ2n) is 4.11. The summed E-state index contributed by atoms with van der Waals surface area (Å²) in [5.74, 6) is 0.958. The second-order valence-corrected chi connectivity index (χ2v) is 4.11. The van der Waals surface area contributed by atoms with E-state index in [-0.39, 0.29) is 0 Å². The highest BCUT2D eigenvalue weighted by atomic mass is 15.2. The Morgan fingerprint density at radius 2 is 2.25 bits per heavy atom. The lowest BCUT2D eigenvalue weighted by Gasteiger charge is -2.16. The van der Waals surface area contributed by atoms with Crippen LogP contribution in [0.1, 0.15) is 17.5 Å². The van der Waals surface area contributed by atoms with Crippen molar-refractivity contribution in [2.24, 2.45) is 4.99 Å². The van der Waals surface area contributed by atoms with Gasteiger partial charge in [0.25, 0.3) is 0 Å². The molecule has 0 bridgehead atoms. The van der Waals surface area contributed by atoms with E-state index in [0.29, 0.717) is 0 Å². The van der Waals surface area contributed by atoms with Gasteiger partial charge in [0.2, 0.25) is 0 Å². The van der Waals surface area contributed by atoms with E-state index in [1.807, 2.05) is 0 Å². The minimum absolute atomic E-state index is 0.941. The van der Waals surface area contributed by atoms with Crippen LogP contribution in [0.4, 0.5) is 0 Å². The number of nitrogens with zero attached hydrogens (tertiary/aromatic N) is 1. The summed E-state index contributed by atoms with van der Waals surface area (Å²) in [5, 5.41) is 6.60. The minimum atomic E-state index is 0.941. The number of hydrogen-bond donors (Lipinski definition) is 2. The fourth-order valence-electron chi connectivity index (χ4n) is 1.86. The predicted octanol–water partition coefficient (Wildman–Crippen LogP) is 1.48. The van der Waals surface area contributed by atoms with Crippen molar-refractivity contribution in [2.45, 2.75) is 19.8 Å². The van der Waals surface area contributed by atoms with Gasteiger partial charge in [-0.15, -0.1) is 0 Å². The number of benzene rings is 1. The van der Waals surface area contributed by atoms with Crippen LogP contribution in [-0.4, -0.2) is 25.6 Å². The average Bonchev–Trinajstić information content (AvgIpc) is 2.33. The van der Waals surface area contributed by atoms with Crippen LogP contribution >= 0.6 is 0 Å². The third-order valence-corrected chi connectivity index (χ3v) is 2.85. The van der Waals surface area contributed by atoms with Gasteiger partial charge in [0.05, 0.1) is 0 Å². The van der Waals surface area contributed by atoms with Crippen LogP contribution in [0.2, 0.25) is 0 Å². The second kappa shape index (κ2) is 5.54. The molecule has 1 aliphatic rings. The first-order chi connectivity index (χ1) is 7.86. The summed E-state index contributed by atoms with van der Waals surface area (Å²) in [6, 6.07) is 8.52. The highest BCUT2D eigenvalue weighted by molar-refractivity contribution is 5.80.